The second-order valence-corrected chi connectivity index (χ2v) is 6.15. The van der Waals surface area contributed by atoms with Crippen molar-refractivity contribution in [3.63, 3.8) is 0 Å². The highest BCUT2D eigenvalue weighted by Gasteiger charge is 2.17. The topological polar surface area (TPSA) is 64.9 Å². The predicted octanol–water partition coefficient (Wildman–Crippen LogP) is 3.61. The van der Waals surface area contributed by atoms with E-state index in [1.165, 1.54) is 0 Å². The Bertz CT molecular complexity index is 494. The molecule has 2 heterocycles. The predicted molar refractivity (Wildman–Crippen MR) is 71.7 cm³/mol. The van der Waals surface area contributed by atoms with Crippen LogP contribution in [0, 0.1) is 5.92 Å². The Balaban J connectivity index is 2.15. The molecule has 0 aromatic carbocycles. The summed E-state index contributed by atoms with van der Waals surface area (Å²) in [4.78, 5) is 5.31. The van der Waals surface area contributed by atoms with Gasteiger partial charge in [-0.15, -0.1) is 11.3 Å². The van der Waals surface area contributed by atoms with E-state index in [0.29, 0.717) is 17.6 Å². The number of hydrogen-bond donors (Lipinski definition) is 1. The third-order valence-electron chi connectivity index (χ3n) is 2.27. The molecule has 2 aromatic rings. The molecule has 0 aliphatic heterocycles. The summed E-state index contributed by atoms with van der Waals surface area (Å²) in [6.07, 6.45) is 0.843. The van der Waals surface area contributed by atoms with Crippen molar-refractivity contribution in [1.29, 1.82) is 0 Å². The highest BCUT2D eigenvalue weighted by molar-refractivity contribution is 9.10. The summed E-state index contributed by atoms with van der Waals surface area (Å²) in [5.41, 5.74) is 5.99. The molecule has 1 unspecified atom stereocenters. The van der Waals surface area contributed by atoms with Gasteiger partial charge in [-0.05, 0) is 34.3 Å². The number of halogens is 1. The molecule has 0 fully saturated rings. The van der Waals surface area contributed by atoms with Crippen LogP contribution in [0.15, 0.2) is 20.4 Å². The van der Waals surface area contributed by atoms with E-state index in [2.05, 4.69) is 39.9 Å². The molecule has 2 aromatic heterocycles. The maximum atomic E-state index is 5.99. The van der Waals surface area contributed by atoms with Crippen LogP contribution in [-0.2, 0) is 0 Å². The number of nitrogens with two attached hydrogens (primary N) is 1. The number of thiophene rings is 1. The van der Waals surface area contributed by atoms with Gasteiger partial charge in [0, 0.05) is 9.85 Å². The SMILES string of the molecule is CC(C)CC(N)c1nc(-c2cc(Br)cs2)no1. The molecular formula is C11H14BrN3OS. The van der Waals surface area contributed by atoms with Crippen LogP contribution in [0.3, 0.4) is 0 Å². The molecule has 2 rings (SSSR count). The third-order valence-corrected chi connectivity index (χ3v) is 3.96. The first-order valence-corrected chi connectivity index (χ1v) is 7.07. The number of rotatable bonds is 4. The maximum Gasteiger partial charge on any atom is 0.243 e. The molecule has 0 amide bonds. The van der Waals surface area contributed by atoms with E-state index in [1.54, 1.807) is 11.3 Å². The number of aromatic nitrogens is 2. The van der Waals surface area contributed by atoms with Gasteiger partial charge in [-0.3, -0.25) is 0 Å². The van der Waals surface area contributed by atoms with Crippen LogP contribution in [0.2, 0.25) is 0 Å². The summed E-state index contributed by atoms with van der Waals surface area (Å²) in [5, 5.41) is 5.94. The lowest BCUT2D eigenvalue weighted by atomic mass is 10.0. The van der Waals surface area contributed by atoms with Crippen molar-refractivity contribution in [3.05, 3.63) is 21.8 Å². The van der Waals surface area contributed by atoms with E-state index in [1.807, 2.05) is 11.4 Å². The smallest absolute Gasteiger partial charge is 0.243 e. The van der Waals surface area contributed by atoms with Gasteiger partial charge in [0.1, 0.15) is 0 Å². The van der Waals surface area contributed by atoms with Gasteiger partial charge in [-0.1, -0.05) is 19.0 Å². The van der Waals surface area contributed by atoms with Gasteiger partial charge in [0.25, 0.3) is 0 Å². The van der Waals surface area contributed by atoms with Crippen molar-refractivity contribution in [3.8, 4) is 10.7 Å². The molecule has 0 radical (unpaired) electrons. The highest BCUT2D eigenvalue weighted by atomic mass is 79.9. The monoisotopic (exact) mass is 315 g/mol. The molecular weight excluding hydrogens is 302 g/mol. The van der Waals surface area contributed by atoms with Gasteiger partial charge in [0.05, 0.1) is 10.9 Å². The van der Waals surface area contributed by atoms with Crippen molar-refractivity contribution >= 4 is 27.3 Å². The number of hydrogen-bond acceptors (Lipinski definition) is 5. The van der Waals surface area contributed by atoms with Crippen molar-refractivity contribution in [1.82, 2.24) is 10.1 Å². The van der Waals surface area contributed by atoms with Gasteiger partial charge in [0.2, 0.25) is 11.7 Å². The molecule has 2 N–H and O–H groups in total. The van der Waals surface area contributed by atoms with Crippen molar-refractivity contribution in [2.75, 3.05) is 0 Å². The largest absolute Gasteiger partial charge is 0.337 e. The van der Waals surface area contributed by atoms with Crippen LogP contribution in [0.25, 0.3) is 10.7 Å². The minimum absolute atomic E-state index is 0.181. The molecule has 17 heavy (non-hydrogen) atoms. The van der Waals surface area contributed by atoms with Crippen molar-refractivity contribution < 1.29 is 4.52 Å². The molecule has 1 atom stereocenters. The molecule has 0 bridgehead atoms. The summed E-state index contributed by atoms with van der Waals surface area (Å²) in [5.74, 6) is 1.63. The van der Waals surface area contributed by atoms with Crippen LogP contribution in [-0.4, -0.2) is 10.1 Å². The zero-order valence-electron chi connectivity index (χ0n) is 9.68. The second-order valence-electron chi connectivity index (χ2n) is 4.32. The minimum Gasteiger partial charge on any atom is -0.337 e. The van der Waals surface area contributed by atoms with E-state index in [-0.39, 0.29) is 6.04 Å². The molecule has 0 spiro atoms. The van der Waals surface area contributed by atoms with Gasteiger partial charge in [-0.25, -0.2) is 0 Å². The van der Waals surface area contributed by atoms with Crippen molar-refractivity contribution in [2.24, 2.45) is 11.7 Å². The maximum absolute atomic E-state index is 5.99. The molecule has 0 saturated heterocycles. The molecule has 4 nitrogen and oxygen atoms in total. The first kappa shape index (κ1) is 12.7. The standard InChI is InChI=1S/C11H14BrN3OS/c1-6(2)3-8(13)11-14-10(15-16-11)9-4-7(12)5-17-9/h4-6,8H,3,13H2,1-2H3. The van der Waals surface area contributed by atoms with Crippen LogP contribution in [0.4, 0.5) is 0 Å². The Morgan fingerprint density at radius 2 is 2.29 bits per heavy atom. The molecule has 92 valence electrons. The van der Waals surface area contributed by atoms with Gasteiger partial charge < -0.3 is 10.3 Å². The van der Waals surface area contributed by atoms with Crippen LogP contribution in [0.1, 0.15) is 32.2 Å². The fourth-order valence-electron chi connectivity index (χ4n) is 1.52. The average molecular weight is 316 g/mol. The van der Waals surface area contributed by atoms with E-state index in [0.717, 1.165) is 15.8 Å². The first-order valence-electron chi connectivity index (χ1n) is 5.40. The van der Waals surface area contributed by atoms with E-state index in [9.17, 15) is 0 Å². The second kappa shape index (κ2) is 5.29. The molecule has 0 aliphatic rings. The number of nitrogens with zero attached hydrogens (tertiary/aromatic N) is 2. The Morgan fingerprint density at radius 3 is 2.88 bits per heavy atom. The Hall–Kier alpha value is -0.720. The quantitative estimate of drug-likeness (QED) is 0.936. The Kier molecular flexibility index (Phi) is 3.96. The zero-order chi connectivity index (χ0) is 12.4. The minimum atomic E-state index is -0.181. The van der Waals surface area contributed by atoms with Crippen LogP contribution < -0.4 is 5.73 Å². The molecule has 0 saturated carbocycles. The summed E-state index contributed by atoms with van der Waals surface area (Å²) in [7, 11) is 0. The summed E-state index contributed by atoms with van der Waals surface area (Å²) >= 11 is 4.97. The van der Waals surface area contributed by atoms with E-state index < -0.39 is 0 Å². The van der Waals surface area contributed by atoms with Crippen molar-refractivity contribution in [2.45, 2.75) is 26.3 Å². The van der Waals surface area contributed by atoms with Gasteiger partial charge in [0.15, 0.2) is 0 Å². The Labute approximate surface area is 112 Å². The van der Waals surface area contributed by atoms with E-state index in [4.69, 9.17) is 10.3 Å². The highest BCUT2D eigenvalue weighted by Crippen LogP contribution is 2.28. The van der Waals surface area contributed by atoms with Crippen LogP contribution >= 0.6 is 27.3 Å². The van der Waals surface area contributed by atoms with E-state index >= 15 is 0 Å². The normalized spacial score (nSPS) is 13.2. The summed E-state index contributed by atoms with van der Waals surface area (Å²) in [6, 6.07) is 1.78. The zero-order valence-corrected chi connectivity index (χ0v) is 12.1. The lowest BCUT2D eigenvalue weighted by Gasteiger charge is -2.08. The lowest BCUT2D eigenvalue weighted by Crippen LogP contribution is -2.13. The average Bonchev–Trinajstić information content (AvgIpc) is 2.84. The lowest BCUT2D eigenvalue weighted by molar-refractivity contribution is 0.335. The first-order chi connectivity index (χ1) is 8.06. The molecule has 0 aliphatic carbocycles. The Morgan fingerprint density at radius 1 is 1.53 bits per heavy atom. The molecule has 6 heteroatoms. The van der Waals surface area contributed by atoms with Gasteiger partial charge in [-0.2, -0.15) is 4.98 Å². The fraction of sp³-hybridized carbons (Fsp3) is 0.455. The fourth-order valence-corrected chi connectivity index (χ4v) is 2.88. The van der Waals surface area contributed by atoms with Gasteiger partial charge >= 0.3 is 0 Å². The summed E-state index contributed by atoms with van der Waals surface area (Å²) in [6.45, 7) is 4.24. The summed E-state index contributed by atoms with van der Waals surface area (Å²) < 4.78 is 6.22. The third kappa shape index (κ3) is 3.14. The van der Waals surface area contributed by atoms with Crippen LogP contribution in [0.5, 0.6) is 0 Å².